The van der Waals surface area contributed by atoms with Gasteiger partial charge >= 0.3 is 12.0 Å². The van der Waals surface area contributed by atoms with Crippen LogP contribution in [-0.4, -0.2) is 41.6 Å². The van der Waals surface area contributed by atoms with E-state index in [2.05, 4.69) is 12.2 Å². The summed E-state index contributed by atoms with van der Waals surface area (Å²) < 4.78 is 0. The van der Waals surface area contributed by atoms with Crippen LogP contribution in [-0.2, 0) is 4.79 Å². The topological polar surface area (TPSA) is 69.6 Å². The molecule has 1 unspecified atom stereocenters. The van der Waals surface area contributed by atoms with Gasteiger partial charge < -0.3 is 15.3 Å². The zero-order valence-corrected chi connectivity index (χ0v) is 11.7. The van der Waals surface area contributed by atoms with Crippen LogP contribution in [0.1, 0.15) is 45.4 Å². The summed E-state index contributed by atoms with van der Waals surface area (Å²) in [5.41, 5.74) is 0.316. The third-order valence-corrected chi connectivity index (χ3v) is 4.63. The number of carboxylic acid groups (broad SMARTS) is 1. The van der Waals surface area contributed by atoms with Gasteiger partial charge in [0.25, 0.3) is 0 Å². The Kier molecular flexibility index (Phi) is 4.32. The Morgan fingerprint density at radius 3 is 2.63 bits per heavy atom. The number of hydrogen-bond acceptors (Lipinski definition) is 2. The normalized spacial score (nSPS) is 24.9. The van der Waals surface area contributed by atoms with Crippen molar-refractivity contribution in [1.29, 1.82) is 0 Å². The van der Waals surface area contributed by atoms with E-state index in [9.17, 15) is 9.59 Å². The minimum atomic E-state index is -0.795. The summed E-state index contributed by atoms with van der Waals surface area (Å²) in [6, 6.07) is -0.0915. The van der Waals surface area contributed by atoms with Crippen molar-refractivity contribution in [2.75, 3.05) is 19.6 Å². The van der Waals surface area contributed by atoms with Crippen LogP contribution in [0.15, 0.2) is 0 Å². The Balaban J connectivity index is 1.77. The summed E-state index contributed by atoms with van der Waals surface area (Å²) in [4.78, 5) is 24.5. The van der Waals surface area contributed by atoms with Crippen molar-refractivity contribution in [2.24, 2.45) is 11.3 Å². The Bertz CT molecular complexity index is 353. The molecule has 2 N–H and O–H groups in total. The average molecular weight is 268 g/mol. The number of likely N-dealkylation sites (tertiary alicyclic amines) is 1. The Labute approximate surface area is 114 Å². The molecule has 5 heteroatoms. The third-order valence-electron chi connectivity index (χ3n) is 4.63. The minimum Gasteiger partial charge on any atom is -0.481 e. The standard InChI is InChI=1S/C14H24N2O3/c1-2-5-14(6-3-7-14)10-15-13(19)16-8-4-11(9-16)12(17)18/h11H,2-10H2,1H3,(H,15,19)(H,17,18). The number of nitrogens with one attached hydrogen (secondary N) is 1. The number of rotatable bonds is 5. The summed E-state index contributed by atoms with van der Waals surface area (Å²) in [6.45, 7) is 3.83. The van der Waals surface area contributed by atoms with Crippen molar-refractivity contribution in [2.45, 2.75) is 45.4 Å². The molecular weight excluding hydrogens is 244 g/mol. The Morgan fingerprint density at radius 1 is 1.42 bits per heavy atom. The molecule has 1 saturated heterocycles. The summed E-state index contributed by atoms with van der Waals surface area (Å²) in [6.07, 6.45) is 6.58. The first-order chi connectivity index (χ1) is 9.06. The van der Waals surface area contributed by atoms with Crippen molar-refractivity contribution in [3.05, 3.63) is 0 Å². The maximum atomic E-state index is 12.0. The van der Waals surface area contributed by atoms with Crippen LogP contribution in [0.25, 0.3) is 0 Å². The highest BCUT2D eigenvalue weighted by atomic mass is 16.4. The van der Waals surface area contributed by atoms with Crippen LogP contribution in [0.2, 0.25) is 0 Å². The molecule has 1 aliphatic heterocycles. The molecule has 19 heavy (non-hydrogen) atoms. The summed E-state index contributed by atoms with van der Waals surface area (Å²) in [5, 5.41) is 11.9. The van der Waals surface area contributed by atoms with Crippen molar-refractivity contribution >= 4 is 12.0 Å². The van der Waals surface area contributed by atoms with Gasteiger partial charge in [-0.25, -0.2) is 4.79 Å². The molecule has 1 heterocycles. The van der Waals surface area contributed by atoms with E-state index in [1.807, 2.05) is 0 Å². The second kappa shape index (κ2) is 5.80. The average Bonchev–Trinajstić information content (AvgIpc) is 2.81. The van der Waals surface area contributed by atoms with Gasteiger partial charge in [-0.15, -0.1) is 0 Å². The van der Waals surface area contributed by atoms with Gasteiger partial charge in [-0.3, -0.25) is 4.79 Å². The van der Waals surface area contributed by atoms with Gasteiger partial charge in [-0.1, -0.05) is 19.8 Å². The number of aliphatic carboxylic acids is 1. The fraction of sp³-hybridized carbons (Fsp3) is 0.857. The van der Waals surface area contributed by atoms with E-state index in [1.54, 1.807) is 4.90 Å². The summed E-state index contributed by atoms with van der Waals surface area (Å²) in [7, 11) is 0. The van der Waals surface area contributed by atoms with E-state index in [0.29, 0.717) is 24.9 Å². The van der Waals surface area contributed by atoms with E-state index < -0.39 is 5.97 Å². The van der Waals surface area contributed by atoms with Gasteiger partial charge in [0.15, 0.2) is 0 Å². The van der Waals surface area contributed by atoms with Gasteiger partial charge in [-0.2, -0.15) is 0 Å². The number of carbonyl (C=O) groups is 2. The first kappa shape index (κ1) is 14.2. The predicted molar refractivity (Wildman–Crippen MR) is 71.9 cm³/mol. The van der Waals surface area contributed by atoms with Crippen molar-refractivity contribution in [3.63, 3.8) is 0 Å². The van der Waals surface area contributed by atoms with Crippen LogP contribution in [0.5, 0.6) is 0 Å². The molecule has 5 nitrogen and oxygen atoms in total. The molecular formula is C14H24N2O3. The smallest absolute Gasteiger partial charge is 0.317 e. The van der Waals surface area contributed by atoms with Crippen LogP contribution in [0, 0.1) is 11.3 Å². The SMILES string of the molecule is CCCC1(CNC(=O)N2CCC(C(=O)O)C2)CCC1. The zero-order chi connectivity index (χ0) is 13.9. The molecule has 0 bridgehead atoms. The molecule has 2 rings (SSSR count). The number of carboxylic acids is 1. The number of amides is 2. The van der Waals surface area contributed by atoms with E-state index in [1.165, 1.54) is 25.7 Å². The maximum Gasteiger partial charge on any atom is 0.317 e. The number of hydrogen-bond donors (Lipinski definition) is 2. The number of urea groups is 1. The van der Waals surface area contributed by atoms with E-state index in [-0.39, 0.29) is 11.9 Å². The Morgan fingerprint density at radius 2 is 2.16 bits per heavy atom. The highest BCUT2D eigenvalue weighted by molar-refractivity contribution is 5.77. The van der Waals surface area contributed by atoms with Gasteiger partial charge in [0.1, 0.15) is 0 Å². The molecule has 2 amide bonds. The fourth-order valence-electron chi connectivity index (χ4n) is 3.24. The monoisotopic (exact) mass is 268 g/mol. The highest BCUT2D eigenvalue weighted by Gasteiger charge is 2.37. The van der Waals surface area contributed by atoms with E-state index >= 15 is 0 Å². The summed E-state index contributed by atoms with van der Waals surface area (Å²) >= 11 is 0. The molecule has 0 aromatic heterocycles. The zero-order valence-electron chi connectivity index (χ0n) is 11.7. The van der Waals surface area contributed by atoms with Crippen LogP contribution in [0.4, 0.5) is 4.79 Å². The first-order valence-electron chi connectivity index (χ1n) is 7.32. The van der Waals surface area contributed by atoms with Gasteiger partial charge in [0, 0.05) is 19.6 Å². The number of nitrogens with zero attached hydrogens (tertiary/aromatic N) is 1. The second-order valence-corrected chi connectivity index (χ2v) is 6.03. The molecule has 108 valence electrons. The fourth-order valence-corrected chi connectivity index (χ4v) is 3.24. The molecule has 1 saturated carbocycles. The largest absolute Gasteiger partial charge is 0.481 e. The lowest BCUT2D eigenvalue weighted by molar-refractivity contribution is -0.141. The van der Waals surface area contributed by atoms with Gasteiger partial charge in [0.05, 0.1) is 5.92 Å². The molecule has 0 aromatic rings. The van der Waals surface area contributed by atoms with Crippen molar-refractivity contribution in [3.8, 4) is 0 Å². The van der Waals surface area contributed by atoms with Crippen LogP contribution < -0.4 is 5.32 Å². The number of carbonyl (C=O) groups excluding carboxylic acids is 1. The lowest BCUT2D eigenvalue weighted by atomic mass is 9.66. The summed E-state index contributed by atoms with van der Waals surface area (Å²) in [5.74, 6) is -1.18. The second-order valence-electron chi connectivity index (χ2n) is 6.03. The van der Waals surface area contributed by atoms with Gasteiger partial charge in [-0.05, 0) is 31.1 Å². The quantitative estimate of drug-likeness (QED) is 0.802. The van der Waals surface area contributed by atoms with Crippen LogP contribution in [0.3, 0.4) is 0 Å². The molecule has 1 aliphatic carbocycles. The first-order valence-corrected chi connectivity index (χ1v) is 7.32. The highest BCUT2D eigenvalue weighted by Crippen LogP contribution is 2.44. The molecule has 0 aromatic carbocycles. The van der Waals surface area contributed by atoms with Crippen molar-refractivity contribution in [1.82, 2.24) is 10.2 Å². The van der Waals surface area contributed by atoms with E-state index in [0.717, 1.165) is 13.0 Å². The predicted octanol–water partition coefficient (Wildman–Crippen LogP) is 2.07. The Hall–Kier alpha value is -1.26. The maximum absolute atomic E-state index is 12.0. The molecule has 2 fully saturated rings. The van der Waals surface area contributed by atoms with Gasteiger partial charge in [0.2, 0.25) is 0 Å². The lowest BCUT2D eigenvalue weighted by Gasteiger charge is -2.42. The molecule has 0 radical (unpaired) electrons. The minimum absolute atomic E-state index is 0.0915. The van der Waals surface area contributed by atoms with E-state index in [4.69, 9.17) is 5.11 Å². The van der Waals surface area contributed by atoms with Crippen molar-refractivity contribution < 1.29 is 14.7 Å². The van der Waals surface area contributed by atoms with Crippen LogP contribution >= 0.6 is 0 Å². The molecule has 1 atom stereocenters. The molecule has 2 aliphatic rings. The molecule has 0 spiro atoms. The third kappa shape index (κ3) is 3.19. The lowest BCUT2D eigenvalue weighted by Crippen LogP contribution is -2.46.